The molecular formula is C11H14ClFN2. The first-order valence-electron chi connectivity index (χ1n) is 5.08. The van der Waals surface area contributed by atoms with Gasteiger partial charge in [-0.2, -0.15) is 0 Å². The Morgan fingerprint density at radius 3 is 2.53 bits per heavy atom. The van der Waals surface area contributed by atoms with E-state index in [0.717, 1.165) is 18.8 Å². The lowest BCUT2D eigenvalue weighted by Crippen LogP contribution is -2.43. The van der Waals surface area contributed by atoms with Crippen LogP contribution in [0.15, 0.2) is 24.3 Å². The fraction of sp³-hybridized carbons (Fsp3) is 0.455. The molecule has 4 heteroatoms. The van der Waals surface area contributed by atoms with Crippen LogP contribution >= 0.6 is 12.4 Å². The van der Waals surface area contributed by atoms with E-state index in [-0.39, 0.29) is 18.2 Å². The molecule has 2 saturated heterocycles. The summed E-state index contributed by atoms with van der Waals surface area (Å²) >= 11 is 0. The van der Waals surface area contributed by atoms with Gasteiger partial charge in [0.05, 0.1) is 0 Å². The van der Waals surface area contributed by atoms with Crippen molar-refractivity contribution in [1.29, 1.82) is 0 Å². The fourth-order valence-electron chi connectivity index (χ4n) is 2.51. The maximum absolute atomic E-state index is 12.7. The molecular weight excluding hydrogens is 215 g/mol. The largest absolute Gasteiger partial charge is 0.366 e. The third-order valence-corrected chi connectivity index (χ3v) is 3.21. The Hall–Kier alpha value is -0.800. The predicted octanol–water partition coefficient (Wildman–Crippen LogP) is 1.80. The zero-order valence-corrected chi connectivity index (χ0v) is 9.14. The monoisotopic (exact) mass is 228 g/mol. The Bertz CT molecular complexity index is 341. The van der Waals surface area contributed by atoms with Gasteiger partial charge in [0, 0.05) is 30.9 Å². The van der Waals surface area contributed by atoms with Crippen molar-refractivity contribution in [3.8, 4) is 0 Å². The second kappa shape index (κ2) is 3.99. The Morgan fingerprint density at radius 2 is 2.00 bits per heavy atom. The molecule has 2 aliphatic heterocycles. The smallest absolute Gasteiger partial charge is 0.123 e. The van der Waals surface area contributed by atoms with E-state index in [1.54, 1.807) is 0 Å². The quantitative estimate of drug-likeness (QED) is 0.789. The molecule has 82 valence electrons. The van der Waals surface area contributed by atoms with Crippen LogP contribution in [-0.4, -0.2) is 25.2 Å². The third-order valence-electron chi connectivity index (χ3n) is 3.21. The predicted molar refractivity (Wildman–Crippen MR) is 61.2 cm³/mol. The standard InChI is InChI=1S/C11H13FN2.ClH/c12-8-1-3-10(4-2-8)14-7-9-5-11(14)6-13-9;/h1-4,9,11,13H,5-7H2;1H/t9-,11-;/m1./s1. The number of rotatable bonds is 1. The first kappa shape index (κ1) is 10.7. The summed E-state index contributed by atoms with van der Waals surface area (Å²) in [6, 6.07) is 8.07. The van der Waals surface area contributed by atoms with Crippen molar-refractivity contribution in [2.75, 3.05) is 18.0 Å². The van der Waals surface area contributed by atoms with Crippen molar-refractivity contribution >= 4 is 18.1 Å². The van der Waals surface area contributed by atoms with Gasteiger partial charge in [0.15, 0.2) is 0 Å². The fourth-order valence-corrected chi connectivity index (χ4v) is 2.51. The molecule has 1 N–H and O–H groups in total. The van der Waals surface area contributed by atoms with Gasteiger partial charge < -0.3 is 10.2 Å². The van der Waals surface area contributed by atoms with E-state index in [4.69, 9.17) is 0 Å². The molecule has 0 saturated carbocycles. The number of benzene rings is 1. The van der Waals surface area contributed by atoms with Crippen LogP contribution in [0.4, 0.5) is 10.1 Å². The minimum atomic E-state index is -0.156. The molecule has 2 aliphatic rings. The number of hydrogen-bond donors (Lipinski definition) is 1. The zero-order valence-electron chi connectivity index (χ0n) is 8.32. The number of nitrogens with zero attached hydrogens (tertiary/aromatic N) is 1. The molecule has 2 fully saturated rings. The van der Waals surface area contributed by atoms with E-state index in [1.807, 2.05) is 12.1 Å². The second-order valence-corrected chi connectivity index (χ2v) is 4.12. The van der Waals surface area contributed by atoms with Crippen LogP contribution < -0.4 is 10.2 Å². The van der Waals surface area contributed by atoms with Crippen LogP contribution in [-0.2, 0) is 0 Å². The molecule has 0 amide bonds. The van der Waals surface area contributed by atoms with Gasteiger partial charge >= 0.3 is 0 Å². The van der Waals surface area contributed by atoms with Crippen LogP contribution in [0.5, 0.6) is 0 Å². The van der Waals surface area contributed by atoms with Gasteiger partial charge in [-0.05, 0) is 30.7 Å². The highest BCUT2D eigenvalue weighted by Gasteiger charge is 2.37. The van der Waals surface area contributed by atoms with E-state index in [0.29, 0.717) is 12.1 Å². The van der Waals surface area contributed by atoms with E-state index in [2.05, 4.69) is 10.2 Å². The lowest BCUT2D eigenvalue weighted by atomic mass is 10.2. The number of hydrogen-bond acceptors (Lipinski definition) is 2. The molecule has 15 heavy (non-hydrogen) atoms. The first-order valence-corrected chi connectivity index (χ1v) is 5.08. The number of halogens is 2. The van der Waals surface area contributed by atoms with Crippen molar-refractivity contribution in [3.05, 3.63) is 30.1 Å². The van der Waals surface area contributed by atoms with Crippen LogP contribution in [0.3, 0.4) is 0 Å². The van der Waals surface area contributed by atoms with E-state index < -0.39 is 0 Å². The summed E-state index contributed by atoms with van der Waals surface area (Å²) in [7, 11) is 0. The highest BCUT2D eigenvalue weighted by Crippen LogP contribution is 2.29. The number of fused-ring (bicyclic) bond motifs is 2. The Balaban J connectivity index is 0.000000853. The second-order valence-electron chi connectivity index (χ2n) is 4.12. The number of piperazine rings is 1. The summed E-state index contributed by atoms with van der Waals surface area (Å²) in [4.78, 5) is 2.38. The minimum absolute atomic E-state index is 0. The third kappa shape index (κ3) is 1.82. The average Bonchev–Trinajstić information content (AvgIpc) is 2.80. The molecule has 0 aromatic heterocycles. The Labute approximate surface area is 94.9 Å². The molecule has 0 aliphatic carbocycles. The normalized spacial score (nSPS) is 27.9. The van der Waals surface area contributed by atoms with E-state index >= 15 is 0 Å². The van der Waals surface area contributed by atoms with Gasteiger partial charge in [0.2, 0.25) is 0 Å². The maximum atomic E-state index is 12.7. The van der Waals surface area contributed by atoms with Gasteiger partial charge in [-0.15, -0.1) is 12.4 Å². The number of nitrogens with one attached hydrogen (secondary N) is 1. The van der Waals surface area contributed by atoms with Crippen molar-refractivity contribution < 1.29 is 4.39 Å². The molecule has 1 aromatic carbocycles. The molecule has 3 rings (SSSR count). The SMILES string of the molecule is Cl.Fc1ccc(N2C[C@H]3C[C@@H]2CN3)cc1. The number of anilines is 1. The Kier molecular flexibility index (Phi) is 2.85. The van der Waals surface area contributed by atoms with Gasteiger partial charge in [0.25, 0.3) is 0 Å². The molecule has 0 spiro atoms. The maximum Gasteiger partial charge on any atom is 0.123 e. The topological polar surface area (TPSA) is 15.3 Å². The van der Waals surface area contributed by atoms with Gasteiger partial charge in [-0.25, -0.2) is 4.39 Å². The molecule has 1 aromatic rings. The summed E-state index contributed by atoms with van der Waals surface area (Å²) in [5.74, 6) is -0.156. The van der Waals surface area contributed by atoms with Gasteiger partial charge in [0.1, 0.15) is 5.82 Å². The summed E-state index contributed by atoms with van der Waals surface area (Å²) in [5.41, 5.74) is 1.15. The summed E-state index contributed by atoms with van der Waals surface area (Å²) in [6.45, 7) is 2.14. The van der Waals surface area contributed by atoms with Crippen molar-refractivity contribution in [2.45, 2.75) is 18.5 Å². The molecule has 2 bridgehead atoms. The lowest BCUT2D eigenvalue weighted by molar-refractivity contribution is 0.579. The van der Waals surface area contributed by atoms with Crippen LogP contribution in [0, 0.1) is 5.82 Å². The summed E-state index contributed by atoms with van der Waals surface area (Å²) < 4.78 is 12.7. The molecule has 0 radical (unpaired) electrons. The van der Waals surface area contributed by atoms with Crippen molar-refractivity contribution in [3.63, 3.8) is 0 Å². The zero-order chi connectivity index (χ0) is 9.54. The molecule has 0 unspecified atom stereocenters. The van der Waals surface area contributed by atoms with Crippen molar-refractivity contribution in [2.24, 2.45) is 0 Å². The molecule has 2 atom stereocenters. The summed E-state index contributed by atoms with van der Waals surface area (Å²) in [5, 5.41) is 3.45. The van der Waals surface area contributed by atoms with Crippen molar-refractivity contribution in [1.82, 2.24) is 5.32 Å². The van der Waals surface area contributed by atoms with E-state index in [1.165, 1.54) is 18.6 Å². The van der Waals surface area contributed by atoms with E-state index in [9.17, 15) is 4.39 Å². The average molecular weight is 229 g/mol. The van der Waals surface area contributed by atoms with Gasteiger partial charge in [-0.3, -0.25) is 0 Å². The highest BCUT2D eigenvalue weighted by atomic mass is 35.5. The van der Waals surface area contributed by atoms with Crippen LogP contribution in [0.25, 0.3) is 0 Å². The lowest BCUT2D eigenvalue weighted by Gasteiger charge is -2.29. The Morgan fingerprint density at radius 1 is 1.27 bits per heavy atom. The summed E-state index contributed by atoms with van der Waals surface area (Å²) in [6.07, 6.45) is 1.23. The van der Waals surface area contributed by atoms with Crippen LogP contribution in [0.2, 0.25) is 0 Å². The molecule has 2 nitrogen and oxygen atoms in total. The highest BCUT2D eigenvalue weighted by molar-refractivity contribution is 5.85. The first-order chi connectivity index (χ1) is 6.83. The minimum Gasteiger partial charge on any atom is -0.366 e. The molecule has 2 heterocycles. The van der Waals surface area contributed by atoms with Crippen LogP contribution in [0.1, 0.15) is 6.42 Å². The van der Waals surface area contributed by atoms with Gasteiger partial charge in [-0.1, -0.05) is 0 Å².